The maximum Gasteiger partial charge on any atom is 0.326 e. The van der Waals surface area contributed by atoms with Gasteiger partial charge in [0, 0.05) is 12.1 Å². The van der Waals surface area contributed by atoms with Crippen molar-refractivity contribution < 1.29 is 28.2 Å². The molecule has 0 bridgehead atoms. The van der Waals surface area contributed by atoms with E-state index in [1.807, 2.05) is 0 Å². The first-order valence-electron chi connectivity index (χ1n) is 8.83. The number of esters is 1. The summed E-state index contributed by atoms with van der Waals surface area (Å²) in [6.07, 6.45) is 0. The largest absolute Gasteiger partial charge is 0.493 e. The van der Waals surface area contributed by atoms with Gasteiger partial charge in [-0.25, -0.2) is 4.39 Å². The summed E-state index contributed by atoms with van der Waals surface area (Å²) in [5, 5.41) is -0.0508. The van der Waals surface area contributed by atoms with Crippen molar-refractivity contribution >= 4 is 45.0 Å². The normalized spacial score (nSPS) is 11.6. The third-order valence-electron chi connectivity index (χ3n) is 4.14. The first-order valence-corrected chi connectivity index (χ1v) is 10.0. The van der Waals surface area contributed by atoms with Crippen LogP contribution in [0.25, 0.3) is 10.2 Å². The van der Waals surface area contributed by atoms with Crippen molar-refractivity contribution in [2.24, 2.45) is 4.99 Å². The Morgan fingerprint density at radius 1 is 1.17 bits per heavy atom. The quantitative estimate of drug-likeness (QED) is 0.531. The highest BCUT2D eigenvalue weighted by Crippen LogP contribution is 2.33. The molecule has 0 aliphatic heterocycles. The minimum atomic E-state index is -0.664. The standard InChI is InChI=1S/C20H18ClFN2O5S/c1-4-29-18(25)10-24-14-8-15(27-2)16(28-3)9-17(14)30-20(24)23-19(26)12-6-5-11(22)7-13(12)21/h5-9H,4,10H2,1-3H3. The Bertz CT molecular complexity index is 1190. The molecule has 0 aliphatic rings. The first kappa shape index (κ1) is 21.8. The third-order valence-corrected chi connectivity index (χ3v) is 5.49. The van der Waals surface area contributed by atoms with E-state index in [1.165, 1.54) is 31.6 Å². The van der Waals surface area contributed by atoms with Crippen molar-refractivity contribution in [2.45, 2.75) is 13.5 Å². The van der Waals surface area contributed by atoms with Crippen molar-refractivity contribution in [3.8, 4) is 11.5 Å². The van der Waals surface area contributed by atoms with E-state index in [4.69, 9.17) is 25.8 Å². The predicted octanol–water partition coefficient (Wildman–Crippen LogP) is 3.82. The molecule has 0 aliphatic carbocycles. The topological polar surface area (TPSA) is 79.1 Å². The summed E-state index contributed by atoms with van der Waals surface area (Å²) in [5.74, 6) is -0.757. The number of rotatable bonds is 6. The summed E-state index contributed by atoms with van der Waals surface area (Å²) in [4.78, 5) is 29.2. The second kappa shape index (κ2) is 9.27. The van der Waals surface area contributed by atoms with Crippen molar-refractivity contribution in [3.05, 3.63) is 51.5 Å². The summed E-state index contributed by atoms with van der Waals surface area (Å²) >= 11 is 7.16. The van der Waals surface area contributed by atoms with Crippen LogP contribution in [0.3, 0.4) is 0 Å². The van der Waals surface area contributed by atoms with Crippen LogP contribution in [0.5, 0.6) is 11.5 Å². The maximum absolute atomic E-state index is 13.3. The van der Waals surface area contributed by atoms with Crippen LogP contribution in [-0.4, -0.2) is 37.3 Å². The average Bonchev–Trinajstić information content (AvgIpc) is 3.02. The second-order valence-corrected chi connectivity index (χ2v) is 7.41. The van der Waals surface area contributed by atoms with Gasteiger partial charge < -0.3 is 18.8 Å². The zero-order chi connectivity index (χ0) is 21.8. The van der Waals surface area contributed by atoms with Crippen LogP contribution >= 0.6 is 22.9 Å². The molecule has 1 aromatic heterocycles. The number of nitrogens with zero attached hydrogens (tertiary/aromatic N) is 2. The summed E-state index contributed by atoms with van der Waals surface area (Å²) in [6.45, 7) is 1.76. The van der Waals surface area contributed by atoms with Gasteiger partial charge >= 0.3 is 5.97 Å². The number of thiazole rings is 1. The molecule has 7 nitrogen and oxygen atoms in total. The van der Waals surface area contributed by atoms with Crippen molar-refractivity contribution in [1.82, 2.24) is 4.57 Å². The van der Waals surface area contributed by atoms with Crippen LogP contribution in [0.4, 0.5) is 4.39 Å². The number of halogens is 2. The molecule has 1 heterocycles. The molecular weight excluding hydrogens is 435 g/mol. The molecule has 0 N–H and O–H groups in total. The number of hydrogen-bond donors (Lipinski definition) is 0. The molecule has 10 heteroatoms. The van der Waals surface area contributed by atoms with E-state index < -0.39 is 17.7 Å². The molecule has 0 spiro atoms. The van der Waals surface area contributed by atoms with Crippen LogP contribution in [0.1, 0.15) is 17.3 Å². The SMILES string of the molecule is CCOC(=O)Cn1c(=NC(=O)c2ccc(F)cc2Cl)sc2cc(OC)c(OC)cc21. The van der Waals surface area contributed by atoms with Crippen molar-refractivity contribution in [3.63, 3.8) is 0 Å². The van der Waals surface area contributed by atoms with Gasteiger partial charge in [-0.05, 0) is 25.1 Å². The zero-order valence-electron chi connectivity index (χ0n) is 16.4. The number of hydrogen-bond acceptors (Lipinski definition) is 6. The Morgan fingerprint density at radius 2 is 1.87 bits per heavy atom. The molecule has 0 saturated heterocycles. The van der Waals surface area contributed by atoms with Gasteiger partial charge in [0.1, 0.15) is 12.4 Å². The van der Waals surface area contributed by atoms with Crippen molar-refractivity contribution in [2.75, 3.05) is 20.8 Å². The molecule has 0 unspecified atom stereocenters. The fourth-order valence-electron chi connectivity index (χ4n) is 2.78. The van der Waals surface area contributed by atoms with E-state index in [2.05, 4.69) is 4.99 Å². The number of ether oxygens (including phenoxy) is 3. The van der Waals surface area contributed by atoms with E-state index in [0.29, 0.717) is 21.7 Å². The molecule has 2 aromatic carbocycles. The van der Waals surface area contributed by atoms with Crippen LogP contribution in [-0.2, 0) is 16.1 Å². The number of carbonyl (C=O) groups is 2. The van der Waals surface area contributed by atoms with Gasteiger partial charge in [-0.15, -0.1) is 0 Å². The van der Waals surface area contributed by atoms with E-state index in [9.17, 15) is 14.0 Å². The summed E-state index contributed by atoms with van der Waals surface area (Å²) in [6, 6.07) is 6.85. The lowest BCUT2D eigenvalue weighted by molar-refractivity contribution is -0.143. The molecule has 0 fully saturated rings. The number of benzene rings is 2. The molecule has 30 heavy (non-hydrogen) atoms. The van der Waals surface area contributed by atoms with Gasteiger partial charge in [-0.2, -0.15) is 4.99 Å². The fourth-order valence-corrected chi connectivity index (χ4v) is 4.07. The van der Waals surface area contributed by atoms with Gasteiger partial charge in [-0.1, -0.05) is 22.9 Å². The molecule has 0 saturated carbocycles. The molecule has 158 valence electrons. The predicted molar refractivity (Wildman–Crippen MR) is 111 cm³/mol. The molecular formula is C20H18ClFN2O5S. The van der Waals surface area contributed by atoms with E-state index >= 15 is 0 Å². The van der Waals surface area contributed by atoms with Gasteiger partial charge in [-0.3, -0.25) is 9.59 Å². The summed E-state index contributed by atoms with van der Waals surface area (Å²) < 4.78 is 31.3. The molecule has 0 atom stereocenters. The van der Waals surface area contributed by atoms with Gasteiger partial charge in [0.15, 0.2) is 16.3 Å². The van der Waals surface area contributed by atoms with E-state index in [0.717, 1.165) is 12.1 Å². The lowest BCUT2D eigenvalue weighted by atomic mass is 10.2. The van der Waals surface area contributed by atoms with E-state index in [-0.39, 0.29) is 28.5 Å². The Labute approximate surface area is 180 Å². The Balaban J connectivity index is 2.19. The van der Waals surface area contributed by atoms with Crippen LogP contribution in [0, 0.1) is 5.82 Å². The molecule has 0 radical (unpaired) electrons. The highest BCUT2D eigenvalue weighted by Gasteiger charge is 2.17. The third kappa shape index (κ3) is 4.47. The van der Waals surface area contributed by atoms with Gasteiger partial charge in [0.25, 0.3) is 5.91 Å². The molecule has 3 aromatic rings. The van der Waals surface area contributed by atoms with Gasteiger partial charge in [0.2, 0.25) is 0 Å². The minimum absolute atomic E-state index is 0.0494. The highest BCUT2D eigenvalue weighted by atomic mass is 35.5. The zero-order valence-corrected chi connectivity index (χ0v) is 18.0. The smallest absolute Gasteiger partial charge is 0.326 e. The van der Waals surface area contributed by atoms with Crippen LogP contribution in [0.2, 0.25) is 5.02 Å². The fraction of sp³-hybridized carbons (Fsp3) is 0.250. The Kier molecular flexibility index (Phi) is 6.73. The molecule has 1 amide bonds. The minimum Gasteiger partial charge on any atom is -0.493 e. The van der Waals surface area contributed by atoms with Crippen LogP contribution < -0.4 is 14.3 Å². The Morgan fingerprint density at radius 3 is 2.50 bits per heavy atom. The lowest BCUT2D eigenvalue weighted by Gasteiger charge is -2.09. The Hall–Kier alpha value is -2.91. The number of methoxy groups -OCH3 is 2. The number of amides is 1. The van der Waals surface area contributed by atoms with Crippen molar-refractivity contribution in [1.29, 1.82) is 0 Å². The van der Waals surface area contributed by atoms with E-state index in [1.54, 1.807) is 23.6 Å². The number of fused-ring (bicyclic) bond motifs is 1. The first-order chi connectivity index (χ1) is 14.4. The summed E-state index contributed by atoms with van der Waals surface area (Å²) in [5.41, 5.74) is 0.663. The van der Waals surface area contributed by atoms with Gasteiger partial charge in [0.05, 0.1) is 41.6 Å². The highest BCUT2D eigenvalue weighted by molar-refractivity contribution is 7.16. The maximum atomic E-state index is 13.3. The number of aromatic nitrogens is 1. The molecule has 3 rings (SSSR count). The second-order valence-electron chi connectivity index (χ2n) is 5.99. The average molecular weight is 453 g/mol. The van der Waals surface area contributed by atoms with Crippen LogP contribution in [0.15, 0.2) is 35.3 Å². The summed E-state index contributed by atoms with van der Waals surface area (Å²) in [7, 11) is 3.01. The monoisotopic (exact) mass is 452 g/mol. The number of carbonyl (C=O) groups excluding carboxylic acids is 2. The lowest BCUT2D eigenvalue weighted by Crippen LogP contribution is -2.23.